The molecule has 128 valence electrons. The molecule has 2 aromatic rings. The Morgan fingerprint density at radius 1 is 1.52 bits per heavy atom. The summed E-state index contributed by atoms with van der Waals surface area (Å²) >= 11 is 0. The van der Waals surface area contributed by atoms with E-state index in [1.165, 1.54) is 10.9 Å². The van der Waals surface area contributed by atoms with Crippen molar-refractivity contribution in [3.63, 3.8) is 0 Å². The molecule has 0 saturated carbocycles. The van der Waals surface area contributed by atoms with Crippen molar-refractivity contribution in [3.8, 4) is 0 Å². The Morgan fingerprint density at radius 2 is 2.22 bits per heavy atom. The molecule has 2 heterocycles. The van der Waals surface area contributed by atoms with E-state index in [9.17, 15) is 9.59 Å². The van der Waals surface area contributed by atoms with Crippen LogP contribution in [0.2, 0.25) is 0 Å². The number of aryl methyl sites for hydroxylation is 2. The Balaban J connectivity index is 0.00000264. The molecule has 2 aromatic heterocycles. The predicted octanol–water partition coefficient (Wildman–Crippen LogP) is 1.50. The minimum atomic E-state index is -0.340. The predicted molar refractivity (Wildman–Crippen MR) is 91.1 cm³/mol. The van der Waals surface area contributed by atoms with Crippen LogP contribution in [0.5, 0.6) is 0 Å². The smallest absolute Gasteiger partial charge is 0.265 e. The van der Waals surface area contributed by atoms with Gasteiger partial charge in [0.05, 0.1) is 5.56 Å². The van der Waals surface area contributed by atoms with Crippen LogP contribution in [0.3, 0.4) is 0 Å². The number of nitrogens with two attached hydrogens (primary N) is 1. The second-order valence-electron chi connectivity index (χ2n) is 5.42. The SMILES string of the molecule is CCCCC(CN)NC(=O)c1c(C)oc2ncn(C)c(=O)c12.Cl. The van der Waals surface area contributed by atoms with Gasteiger partial charge in [0.15, 0.2) is 0 Å². The summed E-state index contributed by atoms with van der Waals surface area (Å²) in [6.07, 6.45) is 4.20. The second-order valence-corrected chi connectivity index (χ2v) is 5.42. The molecule has 23 heavy (non-hydrogen) atoms. The molecule has 1 unspecified atom stereocenters. The van der Waals surface area contributed by atoms with Crippen LogP contribution in [0.4, 0.5) is 0 Å². The number of aromatic nitrogens is 2. The largest absolute Gasteiger partial charge is 0.442 e. The summed E-state index contributed by atoms with van der Waals surface area (Å²) < 4.78 is 6.76. The van der Waals surface area contributed by atoms with Crippen LogP contribution in [0, 0.1) is 6.92 Å². The van der Waals surface area contributed by atoms with E-state index in [-0.39, 0.29) is 46.6 Å². The summed E-state index contributed by atoms with van der Waals surface area (Å²) in [7, 11) is 1.59. The summed E-state index contributed by atoms with van der Waals surface area (Å²) in [4.78, 5) is 28.8. The average molecular weight is 343 g/mol. The number of halogens is 1. The molecule has 1 amide bonds. The van der Waals surface area contributed by atoms with Gasteiger partial charge in [-0.2, -0.15) is 0 Å². The van der Waals surface area contributed by atoms with Crippen LogP contribution < -0.4 is 16.6 Å². The van der Waals surface area contributed by atoms with E-state index in [2.05, 4.69) is 17.2 Å². The van der Waals surface area contributed by atoms with Gasteiger partial charge in [0.2, 0.25) is 5.71 Å². The molecule has 0 fully saturated rings. The molecule has 0 spiro atoms. The van der Waals surface area contributed by atoms with Crippen molar-refractivity contribution in [2.75, 3.05) is 6.54 Å². The number of nitrogens with zero attached hydrogens (tertiary/aromatic N) is 2. The molecular formula is C15H23ClN4O3. The highest BCUT2D eigenvalue weighted by Gasteiger charge is 2.23. The molecule has 0 radical (unpaired) electrons. The summed E-state index contributed by atoms with van der Waals surface area (Å²) in [6, 6.07) is -0.114. The molecule has 8 heteroatoms. The van der Waals surface area contributed by atoms with Crippen LogP contribution in [0.1, 0.15) is 42.3 Å². The summed E-state index contributed by atoms with van der Waals surface area (Å²) in [5.41, 5.74) is 5.84. The molecular weight excluding hydrogens is 320 g/mol. The minimum Gasteiger partial charge on any atom is -0.442 e. The normalized spacial score (nSPS) is 12.0. The zero-order valence-corrected chi connectivity index (χ0v) is 14.4. The molecule has 0 aliphatic carbocycles. The van der Waals surface area contributed by atoms with E-state index < -0.39 is 0 Å². The van der Waals surface area contributed by atoms with E-state index in [1.807, 2.05) is 0 Å². The van der Waals surface area contributed by atoms with Crippen molar-refractivity contribution in [3.05, 3.63) is 28.0 Å². The number of hydrogen-bond acceptors (Lipinski definition) is 5. The van der Waals surface area contributed by atoms with E-state index in [1.54, 1.807) is 14.0 Å². The number of unbranched alkanes of at least 4 members (excludes halogenated alkanes) is 1. The zero-order chi connectivity index (χ0) is 16.3. The number of amides is 1. The molecule has 0 aliphatic heterocycles. The number of fused-ring (bicyclic) bond motifs is 1. The topological polar surface area (TPSA) is 103 Å². The number of furan rings is 1. The highest BCUT2D eigenvalue weighted by atomic mass is 35.5. The summed E-state index contributed by atoms with van der Waals surface area (Å²) in [5, 5.41) is 3.10. The highest BCUT2D eigenvalue weighted by molar-refractivity contribution is 6.06. The summed E-state index contributed by atoms with van der Waals surface area (Å²) in [6.45, 7) is 4.09. The maximum Gasteiger partial charge on any atom is 0.265 e. The Labute approximate surface area is 140 Å². The van der Waals surface area contributed by atoms with E-state index in [0.29, 0.717) is 12.3 Å². The molecule has 0 bridgehead atoms. The minimum absolute atomic E-state index is 0. The zero-order valence-electron chi connectivity index (χ0n) is 13.6. The fourth-order valence-corrected chi connectivity index (χ4v) is 2.42. The molecule has 2 rings (SSSR count). The van der Waals surface area contributed by atoms with Gasteiger partial charge in [-0.05, 0) is 13.3 Å². The Morgan fingerprint density at radius 3 is 2.83 bits per heavy atom. The molecule has 1 atom stereocenters. The molecule has 0 saturated heterocycles. The standard InChI is InChI=1S/C15H22N4O3.ClH/c1-4-5-6-10(7-16)18-13(20)11-9(2)22-14-12(11)15(21)19(3)8-17-14;/h8,10H,4-7,16H2,1-3H3,(H,18,20);1H. The quantitative estimate of drug-likeness (QED) is 0.828. The Hall–Kier alpha value is -1.86. The van der Waals surface area contributed by atoms with Gasteiger partial charge in [0.1, 0.15) is 17.5 Å². The van der Waals surface area contributed by atoms with E-state index >= 15 is 0 Å². The maximum absolute atomic E-state index is 12.5. The van der Waals surface area contributed by atoms with Crippen LogP contribution in [-0.4, -0.2) is 28.0 Å². The third kappa shape index (κ3) is 3.92. The van der Waals surface area contributed by atoms with Crippen molar-refractivity contribution in [1.82, 2.24) is 14.9 Å². The van der Waals surface area contributed by atoms with Gasteiger partial charge in [0, 0.05) is 19.6 Å². The lowest BCUT2D eigenvalue weighted by atomic mass is 10.1. The lowest BCUT2D eigenvalue weighted by molar-refractivity contribution is 0.0935. The average Bonchev–Trinajstić information content (AvgIpc) is 2.84. The third-order valence-electron chi connectivity index (χ3n) is 3.70. The number of rotatable bonds is 6. The van der Waals surface area contributed by atoms with Gasteiger partial charge in [-0.15, -0.1) is 12.4 Å². The molecule has 0 aromatic carbocycles. The number of hydrogen-bond donors (Lipinski definition) is 2. The van der Waals surface area contributed by atoms with Crippen molar-refractivity contribution < 1.29 is 9.21 Å². The van der Waals surface area contributed by atoms with Gasteiger partial charge < -0.3 is 20.0 Å². The first kappa shape index (κ1) is 19.2. The Bertz CT molecular complexity index is 738. The molecule has 3 N–H and O–H groups in total. The third-order valence-corrected chi connectivity index (χ3v) is 3.70. The van der Waals surface area contributed by atoms with Gasteiger partial charge in [0.25, 0.3) is 11.5 Å². The number of carbonyl (C=O) groups is 1. The fourth-order valence-electron chi connectivity index (χ4n) is 2.42. The van der Waals surface area contributed by atoms with Gasteiger partial charge in [-0.3, -0.25) is 9.59 Å². The first-order chi connectivity index (χ1) is 10.5. The van der Waals surface area contributed by atoms with E-state index in [4.69, 9.17) is 10.2 Å². The highest BCUT2D eigenvalue weighted by Crippen LogP contribution is 2.20. The van der Waals surface area contributed by atoms with Gasteiger partial charge in [-0.1, -0.05) is 19.8 Å². The molecule has 7 nitrogen and oxygen atoms in total. The van der Waals surface area contributed by atoms with Crippen LogP contribution in [-0.2, 0) is 7.05 Å². The van der Waals surface area contributed by atoms with E-state index in [0.717, 1.165) is 19.3 Å². The van der Waals surface area contributed by atoms with Crippen molar-refractivity contribution in [2.45, 2.75) is 39.2 Å². The first-order valence-corrected chi connectivity index (χ1v) is 7.45. The van der Waals surface area contributed by atoms with Gasteiger partial charge in [-0.25, -0.2) is 4.98 Å². The second kappa shape index (κ2) is 8.12. The lowest BCUT2D eigenvalue weighted by Gasteiger charge is -2.16. The van der Waals surface area contributed by atoms with Gasteiger partial charge >= 0.3 is 0 Å². The Kier molecular flexibility index (Phi) is 6.78. The van der Waals surface area contributed by atoms with Crippen molar-refractivity contribution >= 4 is 29.4 Å². The van der Waals surface area contributed by atoms with Crippen molar-refractivity contribution in [1.29, 1.82) is 0 Å². The van der Waals surface area contributed by atoms with Crippen LogP contribution in [0.15, 0.2) is 15.5 Å². The summed E-state index contributed by atoms with van der Waals surface area (Å²) in [5.74, 6) is 0.0440. The maximum atomic E-state index is 12.5. The molecule has 0 aliphatic rings. The number of carbonyl (C=O) groups excluding carboxylic acids is 1. The van der Waals surface area contributed by atoms with Crippen molar-refractivity contribution in [2.24, 2.45) is 12.8 Å². The van der Waals surface area contributed by atoms with Crippen LogP contribution in [0.25, 0.3) is 11.1 Å². The number of nitrogens with one attached hydrogen (secondary N) is 1. The fraction of sp³-hybridized carbons (Fsp3) is 0.533. The lowest BCUT2D eigenvalue weighted by Crippen LogP contribution is -2.40. The first-order valence-electron chi connectivity index (χ1n) is 7.45. The van der Waals surface area contributed by atoms with Crippen LogP contribution >= 0.6 is 12.4 Å². The monoisotopic (exact) mass is 342 g/mol.